The molecular weight excluding hydrogens is 436 g/mol. The van der Waals surface area contributed by atoms with Gasteiger partial charge in [0.15, 0.2) is 0 Å². The zero-order valence-corrected chi connectivity index (χ0v) is 20.4. The lowest BCUT2D eigenvalue weighted by Gasteiger charge is -2.53. The van der Waals surface area contributed by atoms with Crippen molar-refractivity contribution in [3.05, 3.63) is 46.5 Å². The van der Waals surface area contributed by atoms with Gasteiger partial charge in [0.2, 0.25) is 11.8 Å². The van der Waals surface area contributed by atoms with Gasteiger partial charge in [0, 0.05) is 35.1 Å². The number of amides is 2. The van der Waals surface area contributed by atoms with Crippen molar-refractivity contribution < 1.29 is 28.5 Å². The maximum atomic E-state index is 14.0. The summed E-state index contributed by atoms with van der Waals surface area (Å²) < 4.78 is 22.5. The van der Waals surface area contributed by atoms with E-state index in [9.17, 15) is 9.59 Å². The van der Waals surface area contributed by atoms with E-state index < -0.39 is 12.1 Å². The normalized spacial score (nSPS) is 25.1. The fourth-order valence-electron chi connectivity index (χ4n) is 6.17. The van der Waals surface area contributed by atoms with Gasteiger partial charge in [-0.05, 0) is 38.1 Å². The van der Waals surface area contributed by atoms with E-state index in [1.807, 2.05) is 38.1 Å². The fraction of sp³-hybridized carbons (Fsp3) is 0.462. The third kappa shape index (κ3) is 2.90. The van der Waals surface area contributed by atoms with Crippen LogP contribution in [0.3, 0.4) is 0 Å². The first-order chi connectivity index (χ1) is 16.4. The molecule has 3 aliphatic rings. The molecule has 0 unspecified atom stereocenters. The molecule has 1 fully saturated rings. The molecule has 1 saturated heterocycles. The smallest absolute Gasteiger partial charge is 0.246 e. The first-order valence-corrected chi connectivity index (χ1v) is 11.5. The van der Waals surface area contributed by atoms with E-state index in [1.54, 1.807) is 38.2 Å². The standard InChI is InChI=1S/C26H30N2O6/c1-13-23-15(19(31-3)7-9-21(23)33-5)11-17-26(30)28-14(2)24-16(12-18(28)25(29)27(13)17)20(32-4)8-10-22(24)34-6/h7-10,13-14,17-18H,11-12H2,1-6H3/t13-,14-,17+,18+/m1/s1. The van der Waals surface area contributed by atoms with Crippen molar-refractivity contribution in [2.75, 3.05) is 28.4 Å². The Hall–Kier alpha value is -3.42. The molecule has 180 valence electrons. The summed E-state index contributed by atoms with van der Waals surface area (Å²) in [6.45, 7) is 3.91. The van der Waals surface area contributed by atoms with Crippen LogP contribution in [0.1, 0.15) is 48.2 Å². The van der Waals surface area contributed by atoms with Gasteiger partial charge in [-0.3, -0.25) is 9.59 Å². The second kappa shape index (κ2) is 8.11. The molecule has 2 aromatic rings. The summed E-state index contributed by atoms with van der Waals surface area (Å²) in [5.41, 5.74) is 3.63. The van der Waals surface area contributed by atoms with Crippen LogP contribution in [-0.4, -0.2) is 62.1 Å². The third-order valence-electron chi connectivity index (χ3n) is 7.64. The number of carbonyl (C=O) groups excluding carboxylic acids is 2. The molecule has 2 aromatic carbocycles. The number of nitrogens with zero attached hydrogens (tertiary/aromatic N) is 2. The van der Waals surface area contributed by atoms with Crippen LogP contribution in [-0.2, 0) is 22.4 Å². The lowest BCUT2D eigenvalue weighted by molar-refractivity contribution is -0.168. The van der Waals surface area contributed by atoms with Crippen LogP contribution in [0.5, 0.6) is 23.0 Å². The number of fused-ring (bicyclic) bond motifs is 4. The number of methoxy groups -OCH3 is 4. The zero-order chi connectivity index (χ0) is 24.3. The van der Waals surface area contributed by atoms with E-state index in [2.05, 4.69) is 0 Å². The van der Waals surface area contributed by atoms with Crippen molar-refractivity contribution in [1.29, 1.82) is 0 Å². The summed E-state index contributed by atoms with van der Waals surface area (Å²) in [5, 5.41) is 0. The zero-order valence-electron chi connectivity index (χ0n) is 20.4. The van der Waals surface area contributed by atoms with Gasteiger partial charge >= 0.3 is 0 Å². The molecular formula is C26H30N2O6. The number of hydrogen-bond donors (Lipinski definition) is 0. The quantitative estimate of drug-likeness (QED) is 0.689. The predicted molar refractivity (Wildman–Crippen MR) is 125 cm³/mol. The lowest BCUT2D eigenvalue weighted by Crippen LogP contribution is -2.68. The monoisotopic (exact) mass is 466 g/mol. The molecule has 3 heterocycles. The van der Waals surface area contributed by atoms with Gasteiger partial charge < -0.3 is 28.7 Å². The molecule has 8 heteroatoms. The second-order valence-corrected chi connectivity index (χ2v) is 9.01. The highest BCUT2D eigenvalue weighted by molar-refractivity contribution is 5.99. The predicted octanol–water partition coefficient (Wildman–Crippen LogP) is 3.06. The number of hydrogen-bond acceptors (Lipinski definition) is 6. The number of piperazine rings is 1. The molecule has 4 atom stereocenters. The highest BCUT2D eigenvalue weighted by atomic mass is 16.5. The first-order valence-electron chi connectivity index (χ1n) is 11.5. The number of rotatable bonds is 4. The minimum atomic E-state index is -0.604. The molecule has 0 spiro atoms. The number of benzene rings is 2. The average Bonchev–Trinajstić information content (AvgIpc) is 2.85. The molecule has 0 aliphatic carbocycles. The SMILES string of the molecule is COc1ccc(OC)c2c1C[C@H]1C(=O)N3[C@H](C)c4c(OC)ccc(OC)c4C[C@H]3C(=O)N1[C@@H]2C. The van der Waals surface area contributed by atoms with E-state index in [0.717, 1.165) is 22.3 Å². The molecule has 0 N–H and O–H groups in total. The molecule has 8 nitrogen and oxygen atoms in total. The Morgan fingerprint density at radius 3 is 1.26 bits per heavy atom. The van der Waals surface area contributed by atoms with Gasteiger partial charge in [0.25, 0.3) is 0 Å². The Bertz CT molecular complexity index is 1090. The van der Waals surface area contributed by atoms with Crippen molar-refractivity contribution >= 4 is 11.8 Å². The van der Waals surface area contributed by atoms with E-state index in [0.29, 0.717) is 35.8 Å². The van der Waals surface area contributed by atoms with Crippen LogP contribution < -0.4 is 18.9 Å². The van der Waals surface area contributed by atoms with Gasteiger partial charge in [-0.1, -0.05) is 0 Å². The summed E-state index contributed by atoms with van der Waals surface area (Å²) in [5.74, 6) is 2.67. The Labute approximate surface area is 199 Å². The van der Waals surface area contributed by atoms with Crippen molar-refractivity contribution in [2.45, 2.75) is 50.9 Å². The molecule has 0 bridgehead atoms. The van der Waals surface area contributed by atoms with E-state index >= 15 is 0 Å². The van der Waals surface area contributed by atoms with Crippen LogP contribution in [0.15, 0.2) is 24.3 Å². The first kappa shape index (κ1) is 22.4. The van der Waals surface area contributed by atoms with E-state index in [1.165, 1.54) is 0 Å². The average molecular weight is 467 g/mol. The topological polar surface area (TPSA) is 77.5 Å². The summed E-state index contributed by atoms with van der Waals surface area (Å²) in [6, 6.07) is 5.55. The summed E-state index contributed by atoms with van der Waals surface area (Å²) in [4.78, 5) is 31.5. The Morgan fingerprint density at radius 2 is 0.941 bits per heavy atom. The lowest BCUT2D eigenvalue weighted by atomic mass is 9.80. The maximum absolute atomic E-state index is 14.0. The van der Waals surface area contributed by atoms with Crippen molar-refractivity contribution in [2.24, 2.45) is 0 Å². The van der Waals surface area contributed by atoms with Crippen LogP contribution in [0, 0.1) is 0 Å². The summed E-state index contributed by atoms with van der Waals surface area (Å²) >= 11 is 0. The molecule has 2 amide bonds. The van der Waals surface area contributed by atoms with Crippen LogP contribution >= 0.6 is 0 Å². The van der Waals surface area contributed by atoms with E-state index in [-0.39, 0.29) is 23.9 Å². The Morgan fingerprint density at radius 1 is 0.618 bits per heavy atom. The van der Waals surface area contributed by atoms with Gasteiger partial charge in [0.1, 0.15) is 35.1 Å². The van der Waals surface area contributed by atoms with Crippen molar-refractivity contribution in [3.63, 3.8) is 0 Å². The molecule has 5 rings (SSSR count). The highest BCUT2D eigenvalue weighted by Gasteiger charge is 2.54. The van der Waals surface area contributed by atoms with Crippen LogP contribution in [0.4, 0.5) is 0 Å². The summed E-state index contributed by atoms with van der Waals surface area (Å²) in [6.07, 6.45) is 0.755. The van der Waals surface area contributed by atoms with Crippen molar-refractivity contribution in [3.8, 4) is 23.0 Å². The number of ether oxygens (including phenoxy) is 4. The van der Waals surface area contributed by atoms with Crippen LogP contribution in [0.25, 0.3) is 0 Å². The fourth-order valence-corrected chi connectivity index (χ4v) is 6.17. The molecule has 0 aromatic heterocycles. The Balaban J connectivity index is 1.64. The van der Waals surface area contributed by atoms with Gasteiger partial charge in [-0.15, -0.1) is 0 Å². The van der Waals surface area contributed by atoms with Gasteiger partial charge in [0.05, 0.1) is 40.5 Å². The molecule has 34 heavy (non-hydrogen) atoms. The van der Waals surface area contributed by atoms with Gasteiger partial charge in [-0.2, -0.15) is 0 Å². The minimum absolute atomic E-state index is 0.0602. The Kier molecular flexibility index (Phi) is 5.34. The van der Waals surface area contributed by atoms with Crippen molar-refractivity contribution in [1.82, 2.24) is 9.80 Å². The number of carbonyl (C=O) groups is 2. The maximum Gasteiger partial charge on any atom is 0.246 e. The largest absolute Gasteiger partial charge is 0.496 e. The molecule has 0 saturated carbocycles. The summed E-state index contributed by atoms with van der Waals surface area (Å²) in [7, 11) is 6.47. The van der Waals surface area contributed by atoms with Gasteiger partial charge in [-0.25, -0.2) is 0 Å². The second-order valence-electron chi connectivity index (χ2n) is 9.01. The van der Waals surface area contributed by atoms with E-state index in [4.69, 9.17) is 18.9 Å². The molecule has 3 aliphatic heterocycles. The minimum Gasteiger partial charge on any atom is -0.496 e. The third-order valence-corrected chi connectivity index (χ3v) is 7.64. The van der Waals surface area contributed by atoms with Crippen LogP contribution in [0.2, 0.25) is 0 Å². The highest BCUT2D eigenvalue weighted by Crippen LogP contribution is 2.49. The molecule has 0 radical (unpaired) electrons.